The highest BCUT2D eigenvalue weighted by Crippen LogP contribution is 2.23. The molecule has 1 heterocycles. The second-order valence-electron chi connectivity index (χ2n) is 4.62. The van der Waals surface area contributed by atoms with Gasteiger partial charge in [0.2, 0.25) is 5.91 Å². The molecule has 1 fully saturated rings. The normalized spacial score (nSPS) is 18.6. The van der Waals surface area contributed by atoms with Crippen LogP contribution in [0.5, 0.6) is 0 Å². The van der Waals surface area contributed by atoms with Crippen LogP contribution in [0, 0.1) is 11.8 Å². The molecule has 1 unspecified atom stereocenters. The zero-order valence-corrected chi connectivity index (χ0v) is 11.2. The Kier molecular flexibility index (Phi) is 8.67. The molecule has 0 saturated carbocycles. The maximum Gasteiger partial charge on any atom is 0.220 e. The molecule has 0 aromatic carbocycles. The van der Waals surface area contributed by atoms with Gasteiger partial charge >= 0.3 is 0 Å². The van der Waals surface area contributed by atoms with E-state index in [1.165, 1.54) is 12.8 Å². The highest BCUT2D eigenvalue weighted by molar-refractivity contribution is 5.85. The molecule has 1 saturated heterocycles. The third kappa shape index (κ3) is 5.71. The average Bonchev–Trinajstić information content (AvgIpc) is 2.27. The predicted octanol–water partition coefficient (Wildman–Crippen LogP) is 1.96. The number of piperidine rings is 1. The first kappa shape index (κ1) is 15.7. The summed E-state index contributed by atoms with van der Waals surface area (Å²) in [5.41, 5.74) is 0. The molecule has 1 aliphatic rings. The summed E-state index contributed by atoms with van der Waals surface area (Å²) >= 11 is 0. The number of carbonyl (C=O) groups excluding carboxylic acids is 1. The molecular formula is C12H25ClN2O. The molecule has 4 heteroatoms. The third-order valence-electron chi connectivity index (χ3n) is 3.27. The van der Waals surface area contributed by atoms with Crippen molar-refractivity contribution < 1.29 is 4.79 Å². The van der Waals surface area contributed by atoms with Gasteiger partial charge in [-0.1, -0.05) is 13.8 Å². The first-order valence-corrected chi connectivity index (χ1v) is 6.21. The van der Waals surface area contributed by atoms with Gasteiger partial charge in [-0.05, 0) is 44.2 Å². The lowest BCUT2D eigenvalue weighted by molar-refractivity contribution is -0.122. The van der Waals surface area contributed by atoms with Gasteiger partial charge in [-0.15, -0.1) is 12.4 Å². The number of halogens is 1. The highest BCUT2D eigenvalue weighted by atomic mass is 35.5. The summed E-state index contributed by atoms with van der Waals surface area (Å²) in [4.78, 5) is 11.5. The van der Waals surface area contributed by atoms with Crippen LogP contribution in [0.25, 0.3) is 0 Å². The lowest BCUT2D eigenvalue weighted by atomic mass is 9.84. The van der Waals surface area contributed by atoms with E-state index in [-0.39, 0.29) is 18.3 Å². The lowest BCUT2D eigenvalue weighted by Gasteiger charge is -2.27. The molecule has 3 nitrogen and oxygen atoms in total. The van der Waals surface area contributed by atoms with Crippen LogP contribution in [0.4, 0.5) is 0 Å². The highest BCUT2D eigenvalue weighted by Gasteiger charge is 2.21. The van der Waals surface area contributed by atoms with Crippen LogP contribution in [0.1, 0.15) is 39.5 Å². The molecule has 2 N–H and O–H groups in total. The van der Waals surface area contributed by atoms with Crippen molar-refractivity contribution in [1.29, 1.82) is 0 Å². The molecular weight excluding hydrogens is 224 g/mol. The van der Waals surface area contributed by atoms with Gasteiger partial charge in [-0.3, -0.25) is 4.79 Å². The molecule has 1 atom stereocenters. The Labute approximate surface area is 105 Å². The van der Waals surface area contributed by atoms with Gasteiger partial charge in [-0.2, -0.15) is 0 Å². The minimum Gasteiger partial charge on any atom is -0.356 e. The van der Waals surface area contributed by atoms with Crippen molar-refractivity contribution in [2.75, 3.05) is 19.6 Å². The standard InChI is InChI=1S/C12H24N2O.ClH/c1-3-6-14-12(15)9-10(2)11-4-7-13-8-5-11;/h10-11,13H,3-9H2,1-2H3,(H,14,15);1H. The molecule has 1 rings (SSSR count). The van der Waals surface area contributed by atoms with E-state index < -0.39 is 0 Å². The SMILES string of the molecule is CCCNC(=O)CC(C)C1CCNCC1.Cl. The Balaban J connectivity index is 0.00000225. The fourth-order valence-corrected chi connectivity index (χ4v) is 2.21. The molecule has 0 bridgehead atoms. The van der Waals surface area contributed by atoms with Crippen LogP contribution >= 0.6 is 12.4 Å². The number of nitrogens with one attached hydrogen (secondary N) is 2. The van der Waals surface area contributed by atoms with Gasteiger partial charge in [0.05, 0.1) is 0 Å². The van der Waals surface area contributed by atoms with Gasteiger partial charge < -0.3 is 10.6 Å². The molecule has 0 spiro atoms. The largest absolute Gasteiger partial charge is 0.356 e. The summed E-state index contributed by atoms with van der Waals surface area (Å²) in [5, 5.41) is 6.30. The van der Waals surface area contributed by atoms with Crippen LogP contribution in [-0.2, 0) is 4.79 Å². The smallest absolute Gasteiger partial charge is 0.220 e. The number of amides is 1. The van der Waals surface area contributed by atoms with Crippen molar-refractivity contribution in [3.63, 3.8) is 0 Å². The van der Waals surface area contributed by atoms with Crippen LogP contribution < -0.4 is 10.6 Å². The van der Waals surface area contributed by atoms with Gasteiger partial charge in [0, 0.05) is 13.0 Å². The Hall–Kier alpha value is -0.280. The average molecular weight is 249 g/mol. The minimum atomic E-state index is 0. The molecule has 16 heavy (non-hydrogen) atoms. The fraction of sp³-hybridized carbons (Fsp3) is 0.917. The van der Waals surface area contributed by atoms with E-state index in [0.29, 0.717) is 12.3 Å². The van der Waals surface area contributed by atoms with E-state index in [9.17, 15) is 4.79 Å². The van der Waals surface area contributed by atoms with Gasteiger partial charge in [0.1, 0.15) is 0 Å². The van der Waals surface area contributed by atoms with E-state index in [0.717, 1.165) is 32.0 Å². The number of hydrogen-bond acceptors (Lipinski definition) is 2. The van der Waals surface area contributed by atoms with Crippen LogP contribution in [0.15, 0.2) is 0 Å². The Morgan fingerprint density at radius 1 is 1.44 bits per heavy atom. The predicted molar refractivity (Wildman–Crippen MR) is 69.9 cm³/mol. The second-order valence-corrected chi connectivity index (χ2v) is 4.62. The zero-order chi connectivity index (χ0) is 11.1. The van der Waals surface area contributed by atoms with Crippen molar-refractivity contribution in [2.24, 2.45) is 11.8 Å². The van der Waals surface area contributed by atoms with Crippen molar-refractivity contribution in [3.8, 4) is 0 Å². The minimum absolute atomic E-state index is 0. The van der Waals surface area contributed by atoms with Gasteiger partial charge in [0.15, 0.2) is 0 Å². The van der Waals surface area contributed by atoms with E-state index in [2.05, 4.69) is 24.5 Å². The van der Waals surface area contributed by atoms with E-state index in [1.54, 1.807) is 0 Å². The van der Waals surface area contributed by atoms with Crippen molar-refractivity contribution in [1.82, 2.24) is 10.6 Å². The summed E-state index contributed by atoms with van der Waals surface area (Å²) in [5.74, 6) is 1.49. The second kappa shape index (κ2) is 8.82. The van der Waals surface area contributed by atoms with Crippen molar-refractivity contribution >= 4 is 18.3 Å². The first-order chi connectivity index (χ1) is 7.24. The van der Waals surface area contributed by atoms with Crippen LogP contribution in [0.3, 0.4) is 0 Å². The summed E-state index contributed by atoms with van der Waals surface area (Å²) in [6.45, 7) is 7.34. The molecule has 96 valence electrons. The third-order valence-corrected chi connectivity index (χ3v) is 3.27. The topological polar surface area (TPSA) is 41.1 Å². The number of hydrogen-bond donors (Lipinski definition) is 2. The Bertz CT molecular complexity index is 193. The zero-order valence-electron chi connectivity index (χ0n) is 10.4. The lowest BCUT2D eigenvalue weighted by Crippen LogP contribution is -2.33. The molecule has 0 aromatic heterocycles. The summed E-state index contributed by atoms with van der Waals surface area (Å²) in [7, 11) is 0. The van der Waals surface area contributed by atoms with Crippen LogP contribution in [-0.4, -0.2) is 25.5 Å². The number of carbonyl (C=O) groups is 1. The summed E-state index contributed by atoms with van der Waals surface area (Å²) in [6, 6.07) is 0. The Morgan fingerprint density at radius 2 is 2.06 bits per heavy atom. The van der Waals surface area contributed by atoms with Gasteiger partial charge in [0.25, 0.3) is 0 Å². The monoisotopic (exact) mass is 248 g/mol. The van der Waals surface area contributed by atoms with E-state index in [1.807, 2.05) is 0 Å². The quantitative estimate of drug-likeness (QED) is 0.781. The maximum absolute atomic E-state index is 11.5. The van der Waals surface area contributed by atoms with E-state index in [4.69, 9.17) is 0 Å². The van der Waals surface area contributed by atoms with Gasteiger partial charge in [-0.25, -0.2) is 0 Å². The van der Waals surface area contributed by atoms with Crippen molar-refractivity contribution in [2.45, 2.75) is 39.5 Å². The molecule has 0 radical (unpaired) electrons. The maximum atomic E-state index is 11.5. The molecule has 1 amide bonds. The van der Waals surface area contributed by atoms with Crippen molar-refractivity contribution in [3.05, 3.63) is 0 Å². The summed E-state index contributed by atoms with van der Waals surface area (Å²) in [6.07, 6.45) is 4.17. The number of rotatable bonds is 5. The first-order valence-electron chi connectivity index (χ1n) is 6.21. The fourth-order valence-electron chi connectivity index (χ4n) is 2.21. The van der Waals surface area contributed by atoms with E-state index >= 15 is 0 Å². The molecule has 1 aliphatic heterocycles. The molecule has 0 aliphatic carbocycles. The van der Waals surface area contributed by atoms with Crippen LogP contribution in [0.2, 0.25) is 0 Å². The molecule has 0 aromatic rings. The summed E-state index contributed by atoms with van der Waals surface area (Å²) < 4.78 is 0. The Morgan fingerprint density at radius 3 is 2.62 bits per heavy atom.